The van der Waals surface area contributed by atoms with Gasteiger partial charge < -0.3 is 4.90 Å². The Labute approximate surface area is 204 Å². The first-order chi connectivity index (χ1) is 14.7. The maximum Gasteiger partial charge on any atom is 0.229 e. The van der Waals surface area contributed by atoms with Gasteiger partial charge in [0, 0.05) is 18.0 Å². The third-order valence-corrected chi connectivity index (χ3v) is 7.82. The molecule has 0 aliphatic heterocycles. The predicted octanol–water partition coefficient (Wildman–Crippen LogP) is 4.83. The lowest BCUT2D eigenvalue weighted by molar-refractivity contribution is -0.118. The van der Waals surface area contributed by atoms with E-state index in [1.54, 1.807) is 35.2 Å². The van der Waals surface area contributed by atoms with Crippen molar-refractivity contribution in [1.29, 1.82) is 0 Å². The molecule has 0 N–H and O–H groups in total. The van der Waals surface area contributed by atoms with Crippen LogP contribution >= 0.6 is 35.3 Å². The molecule has 0 saturated carbocycles. The van der Waals surface area contributed by atoms with Gasteiger partial charge in [-0.1, -0.05) is 41.1 Å². The smallest absolute Gasteiger partial charge is 0.229 e. The van der Waals surface area contributed by atoms with Crippen LogP contribution in [0, 0.1) is 6.92 Å². The molecule has 10 heteroatoms. The van der Waals surface area contributed by atoms with Crippen LogP contribution in [0.25, 0.3) is 10.2 Å². The lowest BCUT2D eigenvalue weighted by Crippen LogP contribution is -2.34. The number of fused-ring (bicyclic) bond motifs is 1. The fourth-order valence-corrected chi connectivity index (χ4v) is 5.95. The van der Waals surface area contributed by atoms with Crippen molar-refractivity contribution >= 4 is 66.4 Å². The summed E-state index contributed by atoms with van der Waals surface area (Å²) >= 11 is 7.58. The molecule has 0 saturated heterocycles. The van der Waals surface area contributed by atoms with E-state index in [4.69, 9.17) is 11.6 Å². The number of hydrogen-bond donors (Lipinski definition) is 0. The Morgan fingerprint density at radius 3 is 2.47 bits per heavy atom. The number of rotatable bonds is 9. The molecular formula is C22H27Cl2N3O3S2. The van der Waals surface area contributed by atoms with Gasteiger partial charge in [0.25, 0.3) is 0 Å². The average Bonchev–Trinajstić information content (AvgIpc) is 3.14. The highest BCUT2D eigenvalue weighted by molar-refractivity contribution is 7.91. The Morgan fingerprint density at radius 1 is 1.12 bits per heavy atom. The molecule has 0 atom stereocenters. The van der Waals surface area contributed by atoms with Gasteiger partial charge in [-0.15, -0.1) is 12.4 Å². The largest absolute Gasteiger partial charge is 0.309 e. The summed E-state index contributed by atoms with van der Waals surface area (Å²) in [5.74, 6) is -0.489. The minimum absolute atomic E-state index is 0. The molecule has 3 rings (SSSR count). The summed E-state index contributed by atoms with van der Waals surface area (Å²) in [6.07, 6.45) is 0.648. The zero-order valence-corrected chi connectivity index (χ0v) is 21.5. The first-order valence-corrected chi connectivity index (χ1v) is 12.8. The summed E-state index contributed by atoms with van der Waals surface area (Å²) in [6.45, 7) is 3.21. The van der Waals surface area contributed by atoms with Gasteiger partial charge >= 0.3 is 0 Å². The highest BCUT2D eigenvalue weighted by Crippen LogP contribution is 2.33. The van der Waals surface area contributed by atoms with Gasteiger partial charge in [0.05, 0.1) is 20.9 Å². The number of carbonyl (C=O) groups is 1. The topological polar surface area (TPSA) is 70.6 Å². The second-order valence-electron chi connectivity index (χ2n) is 7.65. The maximum absolute atomic E-state index is 13.1. The van der Waals surface area contributed by atoms with E-state index in [-0.39, 0.29) is 35.4 Å². The Kier molecular flexibility index (Phi) is 9.48. The van der Waals surface area contributed by atoms with Gasteiger partial charge in [0.15, 0.2) is 15.0 Å². The van der Waals surface area contributed by atoms with Crippen LogP contribution in [0.15, 0.2) is 47.4 Å². The van der Waals surface area contributed by atoms with Crippen LogP contribution in [0.2, 0.25) is 5.02 Å². The lowest BCUT2D eigenvalue weighted by atomic mass is 10.2. The molecule has 32 heavy (non-hydrogen) atoms. The number of halogens is 2. The van der Waals surface area contributed by atoms with Gasteiger partial charge in [-0.3, -0.25) is 9.69 Å². The van der Waals surface area contributed by atoms with E-state index < -0.39 is 9.84 Å². The number of nitrogens with zero attached hydrogens (tertiary/aromatic N) is 3. The normalized spacial score (nSPS) is 11.5. The number of carbonyl (C=O) groups excluding carboxylic acids is 1. The summed E-state index contributed by atoms with van der Waals surface area (Å²) in [7, 11) is 0.416. The molecule has 1 aromatic heterocycles. The molecule has 1 heterocycles. The average molecular weight is 517 g/mol. The summed E-state index contributed by atoms with van der Waals surface area (Å²) in [5, 5.41) is 1.20. The van der Waals surface area contributed by atoms with E-state index in [0.717, 1.165) is 28.7 Å². The molecule has 0 radical (unpaired) electrons. The first-order valence-electron chi connectivity index (χ1n) is 9.97. The fraction of sp³-hybridized carbons (Fsp3) is 0.364. The molecule has 2 aromatic carbocycles. The van der Waals surface area contributed by atoms with E-state index in [9.17, 15) is 13.2 Å². The van der Waals surface area contributed by atoms with E-state index >= 15 is 0 Å². The van der Waals surface area contributed by atoms with Crippen LogP contribution in [-0.2, 0) is 14.6 Å². The summed E-state index contributed by atoms with van der Waals surface area (Å²) in [6, 6.07) is 11.9. The number of thiazole rings is 1. The van der Waals surface area contributed by atoms with Crippen molar-refractivity contribution in [3.63, 3.8) is 0 Å². The Bertz CT molecular complexity index is 1170. The first kappa shape index (κ1) is 26.5. The number of sulfone groups is 1. The molecule has 6 nitrogen and oxygen atoms in total. The van der Waals surface area contributed by atoms with Crippen molar-refractivity contribution in [2.24, 2.45) is 0 Å². The van der Waals surface area contributed by atoms with Crippen molar-refractivity contribution in [1.82, 2.24) is 9.88 Å². The second-order valence-corrected chi connectivity index (χ2v) is 11.2. The third-order valence-electron chi connectivity index (χ3n) is 4.84. The molecule has 0 aliphatic carbocycles. The van der Waals surface area contributed by atoms with E-state index in [1.165, 1.54) is 11.3 Å². The molecule has 0 unspecified atom stereocenters. The number of amides is 1. The molecule has 0 fully saturated rings. The lowest BCUT2D eigenvalue weighted by Gasteiger charge is -2.21. The van der Waals surface area contributed by atoms with Crippen LogP contribution in [0.5, 0.6) is 0 Å². The number of aromatic nitrogens is 1. The van der Waals surface area contributed by atoms with E-state index in [2.05, 4.69) is 4.98 Å². The Balaban J connectivity index is 0.00000363. The van der Waals surface area contributed by atoms with Crippen molar-refractivity contribution < 1.29 is 13.2 Å². The SMILES string of the molecule is Cc1cc(Cl)cc2sc(N(CCCN(C)C)C(=O)CCS(=O)(=O)c3ccccc3)nc12.Cl. The standard InChI is InChI=1S/C22H26ClN3O3S2.ClH/c1-16-14-17(23)15-19-21(16)24-22(30-19)26(12-7-11-25(2)3)20(27)10-13-31(28,29)18-8-5-4-6-9-18;/h4-6,8-9,14-15H,7,10-13H2,1-3H3;1H. The third kappa shape index (κ3) is 6.65. The zero-order valence-electron chi connectivity index (χ0n) is 18.2. The van der Waals surface area contributed by atoms with Crippen LogP contribution in [0.4, 0.5) is 5.13 Å². The van der Waals surface area contributed by atoms with Gasteiger partial charge in [-0.2, -0.15) is 0 Å². The molecule has 0 bridgehead atoms. The van der Waals surface area contributed by atoms with Crippen molar-refractivity contribution in [2.45, 2.75) is 24.7 Å². The minimum Gasteiger partial charge on any atom is -0.309 e. The predicted molar refractivity (Wildman–Crippen MR) is 135 cm³/mol. The number of aryl methyl sites for hydroxylation is 1. The number of benzene rings is 2. The van der Waals surface area contributed by atoms with Gasteiger partial charge in [-0.05, 0) is 63.8 Å². The highest BCUT2D eigenvalue weighted by Gasteiger charge is 2.23. The summed E-state index contributed by atoms with van der Waals surface area (Å²) in [5.41, 5.74) is 1.75. The zero-order chi connectivity index (χ0) is 22.6. The van der Waals surface area contributed by atoms with E-state index in [1.807, 2.05) is 38.1 Å². The van der Waals surface area contributed by atoms with Crippen molar-refractivity contribution in [3.05, 3.63) is 53.1 Å². The minimum atomic E-state index is -3.53. The highest BCUT2D eigenvalue weighted by atomic mass is 35.5. The molecule has 1 amide bonds. The monoisotopic (exact) mass is 515 g/mol. The summed E-state index contributed by atoms with van der Waals surface area (Å²) in [4.78, 5) is 21.7. The number of anilines is 1. The Morgan fingerprint density at radius 2 is 1.81 bits per heavy atom. The van der Waals surface area contributed by atoms with Gasteiger partial charge in [0.2, 0.25) is 5.91 Å². The van der Waals surface area contributed by atoms with Gasteiger partial charge in [-0.25, -0.2) is 13.4 Å². The fourth-order valence-electron chi connectivity index (χ4n) is 3.23. The molecule has 0 aliphatic rings. The summed E-state index contributed by atoms with van der Waals surface area (Å²) < 4.78 is 26.1. The van der Waals surface area contributed by atoms with Crippen LogP contribution in [0.1, 0.15) is 18.4 Å². The number of hydrogen-bond acceptors (Lipinski definition) is 6. The molecule has 3 aromatic rings. The molecule has 0 spiro atoms. The van der Waals surface area contributed by atoms with Crippen LogP contribution in [0.3, 0.4) is 0 Å². The van der Waals surface area contributed by atoms with Gasteiger partial charge in [0.1, 0.15) is 0 Å². The Hall–Kier alpha value is -1.71. The second kappa shape index (κ2) is 11.4. The van der Waals surface area contributed by atoms with Crippen molar-refractivity contribution in [2.75, 3.05) is 37.8 Å². The maximum atomic E-state index is 13.1. The van der Waals surface area contributed by atoms with Crippen LogP contribution in [-0.4, -0.2) is 57.1 Å². The van der Waals surface area contributed by atoms with E-state index in [0.29, 0.717) is 16.7 Å². The van der Waals surface area contributed by atoms with Crippen LogP contribution < -0.4 is 4.90 Å². The molecule has 174 valence electrons. The quantitative estimate of drug-likeness (QED) is 0.408. The molecular weight excluding hydrogens is 489 g/mol. The van der Waals surface area contributed by atoms with Crippen molar-refractivity contribution in [3.8, 4) is 0 Å².